The molecule has 0 radical (unpaired) electrons. The lowest BCUT2D eigenvalue weighted by molar-refractivity contribution is -0.384. The zero-order chi connectivity index (χ0) is 18.8. The second-order valence-electron chi connectivity index (χ2n) is 5.61. The molecule has 0 saturated heterocycles. The van der Waals surface area contributed by atoms with Gasteiger partial charge in [0.05, 0.1) is 22.2 Å². The summed E-state index contributed by atoms with van der Waals surface area (Å²) in [5.74, 6) is -0.122. The maximum atomic E-state index is 12.4. The van der Waals surface area contributed by atoms with E-state index >= 15 is 0 Å². The Bertz CT molecular complexity index is 1140. The Labute approximate surface area is 152 Å². The largest absolute Gasteiger partial charge is 0.306 e. The summed E-state index contributed by atoms with van der Waals surface area (Å²) in [5.41, 5.74) is 1.58. The number of carbonyl (C=O) groups excluding carboxylic acids is 1. The van der Waals surface area contributed by atoms with E-state index in [0.717, 1.165) is 5.69 Å². The number of aromatic nitrogens is 4. The molecule has 4 aromatic rings. The van der Waals surface area contributed by atoms with Crippen LogP contribution < -0.4 is 5.32 Å². The molecular weight excluding hydrogens is 348 g/mol. The van der Waals surface area contributed by atoms with Gasteiger partial charge in [-0.05, 0) is 24.3 Å². The minimum atomic E-state index is -0.520. The Morgan fingerprint density at radius 1 is 1.04 bits per heavy atom. The summed E-state index contributed by atoms with van der Waals surface area (Å²) in [6, 6.07) is 14.8. The number of nitro benzene ring substituents is 1. The highest BCUT2D eigenvalue weighted by Crippen LogP contribution is 2.22. The van der Waals surface area contributed by atoms with Gasteiger partial charge >= 0.3 is 0 Å². The number of amides is 1. The predicted molar refractivity (Wildman–Crippen MR) is 97.7 cm³/mol. The van der Waals surface area contributed by atoms with Gasteiger partial charge in [0.25, 0.3) is 11.6 Å². The van der Waals surface area contributed by atoms with E-state index in [0.29, 0.717) is 16.9 Å². The number of nitrogens with one attached hydrogen (secondary N) is 1. The van der Waals surface area contributed by atoms with Crippen molar-refractivity contribution in [3.63, 3.8) is 0 Å². The topological polar surface area (TPSA) is 116 Å². The van der Waals surface area contributed by atoms with Crippen molar-refractivity contribution in [2.24, 2.45) is 0 Å². The number of rotatable bonds is 4. The lowest BCUT2D eigenvalue weighted by atomic mass is 10.2. The number of anilines is 1. The van der Waals surface area contributed by atoms with Gasteiger partial charge in [0.1, 0.15) is 12.1 Å². The number of nitrogens with zero attached hydrogens (tertiary/aromatic N) is 5. The number of benzene rings is 2. The highest BCUT2D eigenvalue weighted by Gasteiger charge is 2.15. The van der Waals surface area contributed by atoms with E-state index < -0.39 is 10.8 Å². The molecule has 1 N–H and O–H groups in total. The SMILES string of the molecule is O=C(Nc1ncnc2c1cnn2-c1ccccc1)c1ccc([N+](=O)[O-])cc1. The Kier molecular flexibility index (Phi) is 4.01. The molecule has 2 aromatic carbocycles. The summed E-state index contributed by atoms with van der Waals surface area (Å²) in [6.07, 6.45) is 2.92. The van der Waals surface area contributed by atoms with Crippen molar-refractivity contribution in [3.05, 3.63) is 82.8 Å². The van der Waals surface area contributed by atoms with Gasteiger partial charge in [0.2, 0.25) is 0 Å². The first kappa shape index (κ1) is 16.3. The average Bonchev–Trinajstić information content (AvgIpc) is 3.14. The normalized spacial score (nSPS) is 10.7. The van der Waals surface area contributed by atoms with E-state index in [1.165, 1.54) is 30.6 Å². The quantitative estimate of drug-likeness (QED) is 0.442. The molecule has 2 heterocycles. The Hall–Kier alpha value is -4.14. The predicted octanol–water partition coefficient (Wildman–Crippen LogP) is 2.98. The lowest BCUT2D eigenvalue weighted by Crippen LogP contribution is -2.13. The smallest absolute Gasteiger partial charge is 0.269 e. The molecule has 2 aromatic heterocycles. The Balaban J connectivity index is 1.65. The molecule has 0 unspecified atom stereocenters. The summed E-state index contributed by atoms with van der Waals surface area (Å²) < 4.78 is 1.65. The van der Waals surface area contributed by atoms with Crippen LogP contribution >= 0.6 is 0 Å². The summed E-state index contributed by atoms with van der Waals surface area (Å²) in [6.45, 7) is 0. The van der Waals surface area contributed by atoms with Crippen LogP contribution in [0.1, 0.15) is 10.4 Å². The minimum absolute atomic E-state index is 0.0832. The lowest BCUT2D eigenvalue weighted by Gasteiger charge is -2.06. The molecule has 0 spiro atoms. The second-order valence-corrected chi connectivity index (χ2v) is 5.61. The van der Waals surface area contributed by atoms with Crippen LogP contribution in [-0.4, -0.2) is 30.6 Å². The monoisotopic (exact) mass is 360 g/mol. The molecule has 0 saturated carbocycles. The third-order valence-electron chi connectivity index (χ3n) is 3.94. The number of carbonyl (C=O) groups is 1. The van der Waals surface area contributed by atoms with Gasteiger partial charge < -0.3 is 5.32 Å². The van der Waals surface area contributed by atoms with Crippen molar-refractivity contribution in [3.8, 4) is 5.69 Å². The number of para-hydroxylation sites is 1. The fourth-order valence-corrected chi connectivity index (χ4v) is 2.62. The summed E-state index contributed by atoms with van der Waals surface area (Å²) in [7, 11) is 0. The maximum absolute atomic E-state index is 12.4. The van der Waals surface area contributed by atoms with Crippen LogP contribution in [0.2, 0.25) is 0 Å². The molecule has 27 heavy (non-hydrogen) atoms. The van der Waals surface area contributed by atoms with E-state index in [9.17, 15) is 14.9 Å². The van der Waals surface area contributed by atoms with E-state index in [1.54, 1.807) is 10.9 Å². The number of nitro groups is 1. The van der Waals surface area contributed by atoms with Gasteiger partial charge in [-0.1, -0.05) is 18.2 Å². The molecule has 4 rings (SSSR count). The maximum Gasteiger partial charge on any atom is 0.269 e. The van der Waals surface area contributed by atoms with Crippen molar-refractivity contribution in [1.82, 2.24) is 19.7 Å². The molecule has 0 bridgehead atoms. The molecule has 0 atom stereocenters. The van der Waals surface area contributed by atoms with Gasteiger partial charge in [-0.15, -0.1) is 0 Å². The molecule has 0 aliphatic rings. The second kappa shape index (κ2) is 6.64. The molecular formula is C18H12N6O3. The van der Waals surface area contributed by atoms with E-state index in [4.69, 9.17) is 0 Å². The number of hydrogen-bond donors (Lipinski definition) is 1. The van der Waals surface area contributed by atoms with E-state index in [-0.39, 0.29) is 11.3 Å². The van der Waals surface area contributed by atoms with E-state index in [1.807, 2.05) is 30.3 Å². The van der Waals surface area contributed by atoms with E-state index in [2.05, 4.69) is 20.4 Å². The molecule has 0 aliphatic heterocycles. The van der Waals surface area contributed by atoms with Gasteiger partial charge in [-0.3, -0.25) is 14.9 Å². The van der Waals surface area contributed by atoms with Gasteiger partial charge in [0.15, 0.2) is 5.65 Å². The van der Waals surface area contributed by atoms with Crippen molar-refractivity contribution in [2.75, 3.05) is 5.32 Å². The molecule has 0 fully saturated rings. The van der Waals surface area contributed by atoms with Gasteiger partial charge in [0, 0.05) is 17.7 Å². The van der Waals surface area contributed by atoms with Crippen LogP contribution in [0, 0.1) is 10.1 Å². The molecule has 9 heteroatoms. The number of fused-ring (bicyclic) bond motifs is 1. The number of non-ortho nitro benzene ring substituents is 1. The standard InChI is InChI=1S/C18H12N6O3/c25-18(12-6-8-14(9-7-12)24(26)27)22-16-15-10-21-23(17(15)20-11-19-16)13-4-2-1-3-5-13/h1-11H,(H,19,20,22,25). The fraction of sp³-hybridized carbons (Fsp3) is 0. The summed E-state index contributed by atoms with van der Waals surface area (Å²) in [4.78, 5) is 31.0. The first-order chi connectivity index (χ1) is 13.1. The molecule has 9 nitrogen and oxygen atoms in total. The van der Waals surface area contributed by atoms with Crippen molar-refractivity contribution in [2.45, 2.75) is 0 Å². The summed E-state index contributed by atoms with van der Waals surface area (Å²) >= 11 is 0. The van der Waals surface area contributed by atoms with Crippen molar-refractivity contribution < 1.29 is 9.72 Å². The van der Waals surface area contributed by atoms with Crippen molar-refractivity contribution in [1.29, 1.82) is 0 Å². The average molecular weight is 360 g/mol. The third-order valence-corrected chi connectivity index (χ3v) is 3.94. The zero-order valence-electron chi connectivity index (χ0n) is 13.8. The fourth-order valence-electron chi connectivity index (χ4n) is 2.62. The zero-order valence-corrected chi connectivity index (χ0v) is 13.8. The molecule has 132 valence electrons. The first-order valence-electron chi connectivity index (χ1n) is 7.93. The minimum Gasteiger partial charge on any atom is -0.306 e. The van der Waals surface area contributed by atoms with Crippen LogP contribution in [0.25, 0.3) is 16.7 Å². The molecule has 1 amide bonds. The Morgan fingerprint density at radius 2 is 1.78 bits per heavy atom. The first-order valence-corrected chi connectivity index (χ1v) is 7.93. The van der Waals surface area contributed by atoms with Crippen LogP contribution in [0.15, 0.2) is 67.1 Å². The molecule has 0 aliphatic carbocycles. The van der Waals surface area contributed by atoms with Crippen LogP contribution in [0.4, 0.5) is 11.5 Å². The van der Waals surface area contributed by atoms with Gasteiger partial charge in [-0.2, -0.15) is 5.10 Å². The van der Waals surface area contributed by atoms with Gasteiger partial charge in [-0.25, -0.2) is 14.6 Å². The van der Waals surface area contributed by atoms with Crippen LogP contribution in [0.3, 0.4) is 0 Å². The van der Waals surface area contributed by atoms with Crippen molar-refractivity contribution >= 4 is 28.4 Å². The highest BCUT2D eigenvalue weighted by atomic mass is 16.6. The summed E-state index contributed by atoms with van der Waals surface area (Å²) in [5, 5.41) is 18.3. The number of hydrogen-bond acceptors (Lipinski definition) is 6. The third kappa shape index (κ3) is 3.09. The van der Waals surface area contributed by atoms with Crippen LogP contribution in [0.5, 0.6) is 0 Å². The van der Waals surface area contributed by atoms with Crippen LogP contribution in [-0.2, 0) is 0 Å². The Morgan fingerprint density at radius 3 is 2.48 bits per heavy atom. The highest BCUT2D eigenvalue weighted by molar-refractivity contribution is 6.07.